The molecule has 2 heterocycles. The number of rotatable bonds is 2. The van der Waals surface area contributed by atoms with Gasteiger partial charge in [0.1, 0.15) is 0 Å². The molecular weight excluding hydrogens is 265 g/mol. The highest BCUT2D eigenvalue weighted by Crippen LogP contribution is 2.34. The number of aromatic nitrogens is 1. The van der Waals surface area contributed by atoms with Crippen LogP contribution in [0.1, 0.15) is 19.0 Å². The van der Waals surface area contributed by atoms with Crippen LogP contribution in [0.2, 0.25) is 0 Å². The summed E-state index contributed by atoms with van der Waals surface area (Å²) in [6.07, 6.45) is -3.41. The van der Waals surface area contributed by atoms with Crippen LogP contribution in [0.3, 0.4) is 0 Å². The highest BCUT2D eigenvalue weighted by atomic mass is 32.1. The summed E-state index contributed by atoms with van der Waals surface area (Å²) in [6.45, 7) is 3.42. The highest BCUT2D eigenvalue weighted by Gasteiger charge is 2.35. The van der Waals surface area contributed by atoms with Crippen molar-refractivity contribution in [1.29, 1.82) is 0 Å². The summed E-state index contributed by atoms with van der Waals surface area (Å²) >= 11 is 1.04. The summed E-state index contributed by atoms with van der Waals surface area (Å²) in [6, 6.07) is 0. The minimum atomic E-state index is -4.36. The quantitative estimate of drug-likeness (QED) is 0.832. The van der Waals surface area contributed by atoms with E-state index in [9.17, 15) is 13.2 Å². The molecule has 0 spiro atoms. The molecule has 0 aromatic carbocycles. The molecule has 1 aliphatic rings. The van der Waals surface area contributed by atoms with Gasteiger partial charge in [-0.05, 0) is 12.3 Å². The van der Waals surface area contributed by atoms with E-state index in [1.165, 1.54) is 0 Å². The van der Waals surface area contributed by atoms with E-state index in [0.29, 0.717) is 17.6 Å². The monoisotopic (exact) mass is 280 g/mol. The number of piperidine rings is 1. The lowest BCUT2D eigenvalue weighted by Gasteiger charge is -2.36. The molecule has 0 radical (unpaired) electrons. The molecule has 1 aromatic heterocycles. The first-order chi connectivity index (χ1) is 8.41. The maximum absolute atomic E-state index is 12.5. The van der Waals surface area contributed by atoms with Crippen LogP contribution in [0.25, 0.3) is 0 Å². The van der Waals surface area contributed by atoms with Crippen molar-refractivity contribution in [2.45, 2.75) is 25.6 Å². The van der Waals surface area contributed by atoms with Gasteiger partial charge >= 0.3 is 6.18 Å². The lowest BCUT2D eigenvalue weighted by molar-refractivity contribution is -0.140. The van der Waals surface area contributed by atoms with Gasteiger partial charge in [0.25, 0.3) is 0 Å². The van der Waals surface area contributed by atoms with Crippen molar-refractivity contribution in [1.82, 2.24) is 4.98 Å². The average molecular weight is 280 g/mol. The molecule has 1 aliphatic heterocycles. The van der Waals surface area contributed by atoms with Crippen molar-refractivity contribution >= 4 is 16.5 Å². The van der Waals surface area contributed by atoms with Gasteiger partial charge in [0, 0.05) is 25.6 Å². The smallest absolute Gasteiger partial charge is 0.379 e. The van der Waals surface area contributed by atoms with Crippen molar-refractivity contribution in [2.75, 3.05) is 25.1 Å². The molecule has 0 saturated carbocycles. The van der Waals surface area contributed by atoms with E-state index in [1.807, 2.05) is 4.90 Å². The zero-order chi connectivity index (χ0) is 13.3. The third-order valence-corrected chi connectivity index (χ3v) is 4.15. The number of thiazole rings is 1. The molecule has 0 amide bonds. The molecule has 1 fully saturated rings. The lowest BCUT2D eigenvalue weighted by Crippen LogP contribution is -2.43. The number of halogens is 3. The Morgan fingerprint density at radius 2 is 2.22 bits per heavy atom. The van der Waals surface area contributed by atoms with E-state index in [0.717, 1.165) is 29.7 Å². The first-order valence-electron chi connectivity index (χ1n) is 5.72. The van der Waals surface area contributed by atoms with Crippen LogP contribution in [-0.2, 0) is 10.9 Å². The fourth-order valence-electron chi connectivity index (χ4n) is 2.05. The second-order valence-electron chi connectivity index (χ2n) is 4.50. The standard InChI is InChI=1S/C11H15F3N2OS/c1-7-3-4-16(5-8(7)17-2)10-15-9(6-18-10)11(12,13)14/h6-8H,3-5H2,1-2H3. The maximum atomic E-state index is 12.5. The Morgan fingerprint density at radius 1 is 1.50 bits per heavy atom. The van der Waals surface area contributed by atoms with Gasteiger partial charge < -0.3 is 9.64 Å². The molecule has 18 heavy (non-hydrogen) atoms. The van der Waals surface area contributed by atoms with E-state index in [2.05, 4.69) is 11.9 Å². The summed E-state index contributed by atoms with van der Waals surface area (Å²) in [5, 5.41) is 1.49. The number of alkyl halides is 3. The van der Waals surface area contributed by atoms with E-state index >= 15 is 0 Å². The second kappa shape index (κ2) is 5.05. The van der Waals surface area contributed by atoms with E-state index in [1.54, 1.807) is 7.11 Å². The zero-order valence-corrected chi connectivity index (χ0v) is 11.0. The number of hydrogen-bond donors (Lipinski definition) is 0. The number of nitrogens with zero attached hydrogens (tertiary/aromatic N) is 2. The molecular formula is C11H15F3N2OS. The van der Waals surface area contributed by atoms with Crippen LogP contribution in [0.15, 0.2) is 5.38 Å². The van der Waals surface area contributed by atoms with Crippen molar-refractivity contribution in [3.8, 4) is 0 Å². The van der Waals surface area contributed by atoms with Crippen molar-refractivity contribution in [3.63, 3.8) is 0 Å². The van der Waals surface area contributed by atoms with Gasteiger partial charge in [-0.15, -0.1) is 11.3 Å². The van der Waals surface area contributed by atoms with Gasteiger partial charge in [0.2, 0.25) is 0 Å². The van der Waals surface area contributed by atoms with Crippen LogP contribution in [-0.4, -0.2) is 31.3 Å². The fourth-order valence-corrected chi connectivity index (χ4v) is 2.92. The molecule has 0 N–H and O–H groups in total. The third kappa shape index (κ3) is 2.77. The summed E-state index contributed by atoms with van der Waals surface area (Å²) in [5.74, 6) is 0.424. The second-order valence-corrected chi connectivity index (χ2v) is 5.34. The van der Waals surface area contributed by atoms with Gasteiger partial charge in [-0.3, -0.25) is 0 Å². The Morgan fingerprint density at radius 3 is 2.78 bits per heavy atom. The topological polar surface area (TPSA) is 25.4 Å². The number of anilines is 1. The Labute approximate surface area is 108 Å². The molecule has 2 unspecified atom stereocenters. The summed E-state index contributed by atoms with van der Waals surface area (Å²) in [5.41, 5.74) is -0.810. The fraction of sp³-hybridized carbons (Fsp3) is 0.727. The zero-order valence-electron chi connectivity index (χ0n) is 10.2. The van der Waals surface area contributed by atoms with E-state index in [-0.39, 0.29) is 6.10 Å². The third-order valence-electron chi connectivity index (χ3n) is 3.25. The van der Waals surface area contributed by atoms with Gasteiger partial charge in [0.05, 0.1) is 6.10 Å². The molecule has 7 heteroatoms. The number of hydrogen-bond acceptors (Lipinski definition) is 4. The molecule has 0 aliphatic carbocycles. The summed E-state index contributed by atoms with van der Waals surface area (Å²) in [7, 11) is 1.63. The van der Waals surface area contributed by atoms with Crippen LogP contribution in [0.5, 0.6) is 0 Å². The van der Waals surface area contributed by atoms with Gasteiger partial charge in [-0.25, -0.2) is 4.98 Å². The largest absolute Gasteiger partial charge is 0.434 e. The Balaban J connectivity index is 2.10. The molecule has 102 valence electrons. The van der Waals surface area contributed by atoms with E-state index < -0.39 is 11.9 Å². The molecule has 0 bridgehead atoms. The van der Waals surface area contributed by atoms with Crippen molar-refractivity contribution < 1.29 is 17.9 Å². The van der Waals surface area contributed by atoms with Crippen LogP contribution < -0.4 is 4.90 Å². The predicted octanol–water partition coefficient (Wildman–Crippen LogP) is 3.02. The van der Waals surface area contributed by atoms with Crippen LogP contribution in [0, 0.1) is 5.92 Å². The predicted molar refractivity (Wildman–Crippen MR) is 63.9 cm³/mol. The molecule has 2 atom stereocenters. The maximum Gasteiger partial charge on any atom is 0.434 e. The molecule has 2 rings (SSSR count). The first kappa shape index (κ1) is 13.6. The van der Waals surface area contributed by atoms with Crippen molar-refractivity contribution in [2.24, 2.45) is 5.92 Å². The minimum Gasteiger partial charge on any atom is -0.379 e. The normalized spacial score (nSPS) is 25.5. The Bertz CT molecular complexity index is 407. The molecule has 1 aromatic rings. The average Bonchev–Trinajstić information content (AvgIpc) is 2.78. The van der Waals surface area contributed by atoms with Gasteiger partial charge in [0.15, 0.2) is 10.8 Å². The minimum absolute atomic E-state index is 0.0528. The van der Waals surface area contributed by atoms with Crippen LogP contribution in [0.4, 0.5) is 18.3 Å². The van der Waals surface area contributed by atoms with Gasteiger partial charge in [-0.1, -0.05) is 6.92 Å². The number of ether oxygens (including phenoxy) is 1. The Hall–Kier alpha value is -0.820. The molecule has 1 saturated heterocycles. The summed E-state index contributed by atoms with van der Waals surface area (Å²) < 4.78 is 42.8. The van der Waals surface area contributed by atoms with Crippen molar-refractivity contribution in [3.05, 3.63) is 11.1 Å². The SMILES string of the molecule is COC1CN(c2nc(C(F)(F)F)cs2)CCC1C. The summed E-state index contributed by atoms with van der Waals surface area (Å²) in [4.78, 5) is 5.53. The first-order valence-corrected chi connectivity index (χ1v) is 6.60. The van der Waals surface area contributed by atoms with Crippen LogP contribution >= 0.6 is 11.3 Å². The van der Waals surface area contributed by atoms with E-state index in [4.69, 9.17) is 4.74 Å². The molecule has 3 nitrogen and oxygen atoms in total. The Kier molecular flexibility index (Phi) is 3.82. The lowest BCUT2D eigenvalue weighted by atomic mass is 9.96. The highest BCUT2D eigenvalue weighted by molar-refractivity contribution is 7.13. The van der Waals surface area contributed by atoms with Gasteiger partial charge in [-0.2, -0.15) is 13.2 Å². The number of methoxy groups -OCH3 is 1.